The van der Waals surface area contributed by atoms with Crippen LogP contribution in [0.4, 0.5) is 0 Å². The molecule has 0 aliphatic carbocycles. The van der Waals surface area contributed by atoms with Crippen molar-refractivity contribution in [1.82, 2.24) is 0 Å². The van der Waals surface area contributed by atoms with Gasteiger partial charge in [0.25, 0.3) is 0 Å². The first-order valence-electron chi connectivity index (χ1n) is 11.2. The summed E-state index contributed by atoms with van der Waals surface area (Å²) in [6.07, 6.45) is 12.2. The highest BCUT2D eigenvalue weighted by atomic mass is 28.4. The Hall–Kier alpha value is 0.0569. The normalized spacial score (nSPS) is 12.7. The van der Waals surface area contributed by atoms with E-state index in [1.165, 1.54) is 64.5 Å². The Labute approximate surface area is 165 Å². The molecule has 0 unspecified atom stereocenters. The Kier molecular flexibility index (Phi) is 16.1. The van der Waals surface area contributed by atoms with Crippen molar-refractivity contribution < 1.29 is 17.8 Å². The fourth-order valence-corrected chi connectivity index (χ4v) is 6.10. The number of hydrogen-bond acceptors (Lipinski definition) is 3. The van der Waals surface area contributed by atoms with Crippen LogP contribution in [0.1, 0.15) is 85.5 Å². The second-order valence-corrected chi connectivity index (χ2v) is 10.7. The van der Waals surface area contributed by atoms with Crippen LogP contribution >= 0.6 is 0 Å². The molecule has 0 fully saturated rings. The first-order valence-corrected chi connectivity index (χ1v) is 13.1. The lowest BCUT2D eigenvalue weighted by Crippen LogP contribution is -2.48. The minimum absolute atomic E-state index is 0.669. The van der Waals surface area contributed by atoms with Gasteiger partial charge in [-0.1, -0.05) is 45.4 Å². The first kappa shape index (κ1) is 26.1. The minimum atomic E-state index is -2.47. The molecule has 0 rings (SSSR count). The van der Waals surface area contributed by atoms with Gasteiger partial charge in [-0.25, -0.2) is 0 Å². The average molecular weight is 391 g/mol. The van der Waals surface area contributed by atoms with Gasteiger partial charge >= 0.3 is 8.80 Å². The molecule has 0 heterocycles. The zero-order valence-electron chi connectivity index (χ0n) is 18.8. The summed E-state index contributed by atoms with van der Waals surface area (Å²) in [4.78, 5) is 0. The van der Waals surface area contributed by atoms with Crippen LogP contribution in [-0.4, -0.2) is 60.3 Å². The number of nitrogens with zero attached hydrogens (tertiary/aromatic N) is 1. The third-order valence-electron chi connectivity index (χ3n) is 4.96. The van der Waals surface area contributed by atoms with Crippen LogP contribution in [0.15, 0.2) is 0 Å². The molecule has 0 saturated heterocycles. The van der Waals surface area contributed by atoms with Crippen LogP contribution in [0.2, 0.25) is 6.04 Å². The number of quaternary nitrogens is 1. The predicted octanol–water partition coefficient (Wildman–Crippen LogP) is 5.64. The summed E-state index contributed by atoms with van der Waals surface area (Å²) >= 11 is 0. The molecule has 5 heteroatoms. The van der Waals surface area contributed by atoms with Gasteiger partial charge in [0.1, 0.15) is 0 Å². The Morgan fingerprint density at radius 1 is 0.577 bits per heavy atom. The van der Waals surface area contributed by atoms with Crippen LogP contribution in [-0.2, 0) is 13.3 Å². The molecule has 0 aliphatic heterocycles. The van der Waals surface area contributed by atoms with Gasteiger partial charge in [0.05, 0.1) is 27.2 Å². The molecule has 26 heavy (non-hydrogen) atoms. The third kappa shape index (κ3) is 13.3. The van der Waals surface area contributed by atoms with Crippen molar-refractivity contribution in [2.24, 2.45) is 0 Å². The molecule has 0 aromatic heterocycles. The number of rotatable bonds is 19. The second-order valence-electron chi connectivity index (χ2n) is 7.94. The quantitative estimate of drug-likeness (QED) is 0.162. The van der Waals surface area contributed by atoms with Gasteiger partial charge in [-0.2, -0.15) is 0 Å². The van der Waals surface area contributed by atoms with Crippen LogP contribution < -0.4 is 0 Å². The van der Waals surface area contributed by atoms with Gasteiger partial charge < -0.3 is 17.8 Å². The van der Waals surface area contributed by atoms with Crippen molar-refractivity contribution in [1.29, 1.82) is 0 Å². The number of hydrogen-bond donors (Lipinski definition) is 0. The maximum absolute atomic E-state index is 5.97. The zero-order valence-corrected chi connectivity index (χ0v) is 19.8. The molecule has 4 nitrogen and oxygen atoms in total. The molecule has 0 spiro atoms. The average Bonchev–Trinajstić information content (AvgIpc) is 2.58. The van der Waals surface area contributed by atoms with Crippen LogP contribution in [0.5, 0.6) is 0 Å². The maximum Gasteiger partial charge on any atom is 0.501 e. The lowest BCUT2D eigenvalue weighted by Gasteiger charge is -2.32. The van der Waals surface area contributed by atoms with E-state index in [-0.39, 0.29) is 0 Å². The van der Waals surface area contributed by atoms with Crippen LogP contribution in [0, 0.1) is 0 Å². The summed E-state index contributed by atoms with van der Waals surface area (Å²) in [5, 5.41) is 0. The van der Waals surface area contributed by atoms with E-state index in [0.717, 1.165) is 16.9 Å². The molecule has 0 N–H and O–H groups in total. The molecule has 0 aromatic carbocycles. The third-order valence-corrected chi connectivity index (χ3v) is 8.11. The summed E-state index contributed by atoms with van der Waals surface area (Å²) in [5.41, 5.74) is 0. The first-order chi connectivity index (χ1) is 12.4. The van der Waals surface area contributed by atoms with E-state index >= 15 is 0 Å². The van der Waals surface area contributed by atoms with E-state index in [4.69, 9.17) is 13.3 Å². The van der Waals surface area contributed by atoms with Crippen LogP contribution in [0.25, 0.3) is 0 Å². The summed E-state index contributed by atoms with van der Waals surface area (Å²) in [7, 11) is 2.24. The van der Waals surface area contributed by atoms with Gasteiger partial charge in [-0.15, -0.1) is 0 Å². The Balaban J connectivity index is 4.04. The van der Waals surface area contributed by atoms with Gasteiger partial charge in [0.15, 0.2) is 0 Å². The van der Waals surface area contributed by atoms with Crippen molar-refractivity contribution in [3.8, 4) is 0 Å². The molecule has 158 valence electrons. The maximum atomic E-state index is 5.97. The molecule has 0 radical (unpaired) electrons. The van der Waals surface area contributed by atoms with E-state index in [1.807, 2.05) is 20.8 Å². The van der Waals surface area contributed by atoms with Crippen molar-refractivity contribution in [3.63, 3.8) is 0 Å². The highest BCUT2D eigenvalue weighted by Gasteiger charge is 2.40. The Morgan fingerprint density at radius 2 is 1.00 bits per heavy atom. The number of unbranched alkanes of at least 4 members (excludes halogenated alkanes) is 7. The van der Waals surface area contributed by atoms with Gasteiger partial charge in [0.2, 0.25) is 0 Å². The molecular formula is C21H48NO3Si+. The van der Waals surface area contributed by atoms with Gasteiger partial charge in [-0.3, -0.25) is 0 Å². The highest BCUT2D eigenvalue weighted by Crippen LogP contribution is 2.19. The summed E-state index contributed by atoms with van der Waals surface area (Å²) in [6.45, 7) is 12.8. The smallest absolute Gasteiger partial charge is 0.374 e. The lowest BCUT2D eigenvalue weighted by atomic mass is 10.1. The largest absolute Gasteiger partial charge is 0.501 e. The SMILES string of the molecule is CCCCCCCCCC[N+](C)(C)CCC[Si](OCC)(OCC)OCC. The van der Waals surface area contributed by atoms with E-state index in [1.54, 1.807) is 0 Å². The molecule has 0 aromatic rings. The van der Waals surface area contributed by atoms with E-state index in [0.29, 0.717) is 19.8 Å². The lowest BCUT2D eigenvalue weighted by molar-refractivity contribution is -0.890. The van der Waals surface area contributed by atoms with Crippen LogP contribution in [0.3, 0.4) is 0 Å². The second kappa shape index (κ2) is 16.1. The topological polar surface area (TPSA) is 27.7 Å². The van der Waals surface area contributed by atoms with Crippen molar-refractivity contribution in [2.45, 2.75) is 91.5 Å². The Bertz CT molecular complexity index is 297. The summed E-state index contributed by atoms with van der Waals surface area (Å²) in [6, 6.07) is 0.932. The Morgan fingerprint density at radius 3 is 1.46 bits per heavy atom. The molecule has 0 bridgehead atoms. The van der Waals surface area contributed by atoms with E-state index in [2.05, 4.69) is 21.0 Å². The van der Waals surface area contributed by atoms with Crippen molar-refractivity contribution in [3.05, 3.63) is 0 Å². The monoisotopic (exact) mass is 390 g/mol. The standard InChI is InChI=1S/C21H48NO3Si/c1-7-11-12-13-14-15-16-17-19-22(5,6)20-18-21-26(23-8-2,24-9-3)25-10-4/h7-21H2,1-6H3/q+1. The zero-order chi connectivity index (χ0) is 19.7. The van der Waals surface area contributed by atoms with Gasteiger partial charge in [0, 0.05) is 32.3 Å². The van der Waals surface area contributed by atoms with Gasteiger partial charge in [-0.05, 0) is 33.6 Å². The molecule has 0 atom stereocenters. The van der Waals surface area contributed by atoms with Crippen molar-refractivity contribution in [2.75, 3.05) is 47.0 Å². The van der Waals surface area contributed by atoms with E-state index < -0.39 is 8.80 Å². The molecular weight excluding hydrogens is 342 g/mol. The minimum Gasteiger partial charge on any atom is -0.374 e. The fourth-order valence-electron chi connectivity index (χ4n) is 3.51. The highest BCUT2D eigenvalue weighted by molar-refractivity contribution is 6.60. The van der Waals surface area contributed by atoms with E-state index in [9.17, 15) is 0 Å². The predicted molar refractivity (Wildman–Crippen MR) is 115 cm³/mol. The molecule has 0 amide bonds. The summed E-state index contributed by atoms with van der Waals surface area (Å²) < 4.78 is 19.0. The molecule has 0 aliphatic rings. The summed E-state index contributed by atoms with van der Waals surface area (Å²) in [5.74, 6) is 0. The fraction of sp³-hybridized carbons (Fsp3) is 1.00. The molecule has 0 saturated carbocycles. The van der Waals surface area contributed by atoms with Crippen molar-refractivity contribution >= 4 is 8.80 Å².